The second-order valence-corrected chi connectivity index (χ2v) is 18.4. The summed E-state index contributed by atoms with van der Waals surface area (Å²) in [6, 6.07) is 0. The fourth-order valence-corrected chi connectivity index (χ4v) is 12.1. The molecule has 0 N–H and O–H groups in total. The summed E-state index contributed by atoms with van der Waals surface area (Å²) in [6.45, 7) is 15.3. The molecular formula is C30H49Na3O12S3. The molecule has 9 unspecified atom stereocenters. The summed E-state index contributed by atoms with van der Waals surface area (Å²) < 4.78 is 120. The van der Waals surface area contributed by atoms with E-state index in [9.17, 15) is 38.9 Å². The zero-order valence-corrected chi connectivity index (χ0v) is 38.6. The van der Waals surface area contributed by atoms with Gasteiger partial charge < -0.3 is 13.7 Å². The Bertz CT molecular complexity index is 1430. The van der Waals surface area contributed by atoms with E-state index in [1.165, 1.54) is 0 Å². The topological polar surface area (TPSA) is 199 Å². The van der Waals surface area contributed by atoms with Crippen LogP contribution in [0.2, 0.25) is 0 Å². The number of hydrogen-bond acceptors (Lipinski definition) is 12. The van der Waals surface area contributed by atoms with Gasteiger partial charge in [0.05, 0.1) is 6.10 Å². The molecule has 0 spiro atoms. The molecule has 4 fully saturated rings. The minimum absolute atomic E-state index is 0. The van der Waals surface area contributed by atoms with Gasteiger partial charge in [-0.05, 0) is 109 Å². The summed E-state index contributed by atoms with van der Waals surface area (Å²) in [4.78, 5) is 0. The molecule has 0 bridgehead atoms. The van der Waals surface area contributed by atoms with E-state index in [1.54, 1.807) is 0 Å². The second-order valence-electron chi connectivity index (χ2n) is 15.3. The van der Waals surface area contributed by atoms with Gasteiger partial charge in [-0.2, -0.15) is 0 Å². The van der Waals surface area contributed by atoms with Gasteiger partial charge in [0.15, 0.2) is 0 Å². The minimum atomic E-state index is -5.35. The van der Waals surface area contributed by atoms with Crippen LogP contribution in [0.5, 0.6) is 0 Å². The predicted octanol–water partition coefficient (Wildman–Crippen LogP) is -4.47. The van der Waals surface area contributed by atoms with Gasteiger partial charge in [-0.25, -0.2) is 25.3 Å². The van der Waals surface area contributed by atoms with Gasteiger partial charge in [-0.3, -0.25) is 12.5 Å². The molecule has 0 aromatic carbocycles. The molecule has 4 aliphatic carbocycles. The van der Waals surface area contributed by atoms with Crippen LogP contribution in [0.15, 0.2) is 12.2 Å². The van der Waals surface area contributed by atoms with Crippen molar-refractivity contribution in [2.45, 2.75) is 112 Å². The third-order valence-corrected chi connectivity index (χ3v) is 13.7. The molecule has 4 aliphatic rings. The molecule has 12 nitrogen and oxygen atoms in total. The standard InChI is InChI=1S/C30H52O12S3.3Na/c1-17(2)20(18(3)4)9-8-19(5)22-10-11-23-21-14-26(40-43(31,32)33)25-15-27(41-44(34,35)36)28(42-45(37,38)39)16-30(25,7)24(21)12-13-29(22,23)6;;;/h8-9,17-28H,10-16H2,1-7H3,(H,31,32,33)(H,34,35,36)(H,37,38,39);;;/q;3*+1/p-3/b9-8+;;;/t19?,21?,22?,23?,24?,25?,26-,27-,28?,29?,30?;;;/m0.../s1. The first-order valence-electron chi connectivity index (χ1n) is 16.1. The summed E-state index contributed by atoms with van der Waals surface area (Å²) in [7, 11) is -15.9. The Morgan fingerprint density at radius 1 is 0.625 bits per heavy atom. The third-order valence-electron chi connectivity index (χ3n) is 12.2. The van der Waals surface area contributed by atoms with Crippen molar-refractivity contribution in [2.75, 3.05) is 0 Å². The Balaban J connectivity index is 0.00000384. The molecule has 0 aliphatic heterocycles. The molecular weight excluding hydrogens is 717 g/mol. The van der Waals surface area contributed by atoms with Crippen LogP contribution in [0.3, 0.4) is 0 Å². The summed E-state index contributed by atoms with van der Waals surface area (Å²) in [5, 5.41) is 0. The van der Waals surface area contributed by atoms with E-state index in [2.05, 4.69) is 57.9 Å². The number of hydrogen-bond donors (Lipinski definition) is 0. The van der Waals surface area contributed by atoms with Crippen LogP contribution in [-0.2, 0) is 43.7 Å². The van der Waals surface area contributed by atoms with Crippen LogP contribution < -0.4 is 88.7 Å². The molecule has 11 atom stereocenters. The molecule has 0 amide bonds. The quantitative estimate of drug-likeness (QED) is 0.0848. The van der Waals surface area contributed by atoms with Gasteiger partial charge in [-0.1, -0.05) is 60.6 Å². The van der Waals surface area contributed by atoms with Gasteiger partial charge in [0.2, 0.25) is 31.2 Å². The van der Waals surface area contributed by atoms with Crippen LogP contribution in [0.4, 0.5) is 0 Å². The van der Waals surface area contributed by atoms with Gasteiger partial charge in [-0.15, -0.1) is 0 Å². The smallest absolute Gasteiger partial charge is 0.726 e. The van der Waals surface area contributed by atoms with E-state index in [0.717, 1.165) is 25.7 Å². The normalized spacial score (nSPS) is 37.6. The summed E-state index contributed by atoms with van der Waals surface area (Å²) in [6.07, 6.45) is 3.43. The van der Waals surface area contributed by atoms with Crippen molar-refractivity contribution < 1.29 is 140 Å². The molecule has 0 heterocycles. The number of rotatable bonds is 11. The number of allylic oxidation sites excluding steroid dienone is 2. The average Bonchev–Trinajstić information content (AvgIpc) is 3.19. The number of fused-ring (bicyclic) bond motifs is 5. The summed E-state index contributed by atoms with van der Waals surface area (Å²) in [5.41, 5.74) is -0.988. The van der Waals surface area contributed by atoms with Gasteiger partial charge in [0.1, 0.15) is 12.2 Å². The Hall–Kier alpha value is 2.35. The van der Waals surface area contributed by atoms with Crippen molar-refractivity contribution in [2.24, 2.45) is 64.1 Å². The van der Waals surface area contributed by atoms with Crippen LogP contribution in [-0.4, -0.2) is 57.2 Å². The Morgan fingerprint density at radius 3 is 1.60 bits per heavy atom. The first-order chi connectivity index (χ1) is 20.4. The Labute approximate surface area is 355 Å². The molecule has 4 rings (SSSR count). The second kappa shape index (κ2) is 17.9. The summed E-state index contributed by atoms with van der Waals surface area (Å²) in [5.74, 6) is 1.38. The van der Waals surface area contributed by atoms with Crippen LogP contribution in [0, 0.1) is 64.1 Å². The SMILES string of the molecule is CC(C)C(/C=C/C(C)C1CCC2C3C[C@H](OS(=O)(=O)[O-])C4C[C@H](OS(=O)(=O)[O-])C(OS(=O)(=O)[O-])CC4(C)C3CCC12C)C(C)C.[Na+].[Na+].[Na+]. The molecule has 0 radical (unpaired) electrons. The maximum Gasteiger partial charge on any atom is 1.00 e. The largest absolute Gasteiger partial charge is 1.00 e. The fraction of sp³-hybridized carbons (Fsp3) is 0.933. The molecule has 0 saturated heterocycles. The zero-order chi connectivity index (χ0) is 33.9. The van der Waals surface area contributed by atoms with Gasteiger partial charge >= 0.3 is 88.7 Å². The van der Waals surface area contributed by atoms with Gasteiger partial charge in [0, 0.05) is 0 Å². The first-order valence-corrected chi connectivity index (χ1v) is 20.1. The van der Waals surface area contributed by atoms with Crippen molar-refractivity contribution in [1.29, 1.82) is 0 Å². The molecule has 48 heavy (non-hydrogen) atoms. The third kappa shape index (κ3) is 11.2. The zero-order valence-electron chi connectivity index (χ0n) is 30.2. The van der Waals surface area contributed by atoms with E-state index >= 15 is 0 Å². The van der Waals surface area contributed by atoms with Crippen molar-refractivity contribution in [3.05, 3.63) is 12.2 Å². The summed E-state index contributed by atoms with van der Waals surface area (Å²) >= 11 is 0. The Morgan fingerprint density at radius 2 is 1.10 bits per heavy atom. The molecule has 0 aromatic rings. The van der Waals surface area contributed by atoms with E-state index in [-0.39, 0.29) is 131 Å². The van der Waals surface area contributed by atoms with Crippen molar-refractivity contribution in [1.82, 2.24) is 0 Å². The molecule has 262 valence electrons. The molecule has 4 saturated carbocycles. The first kappa shape index (κ1) is 48.4. The van der Waals surface area contributed by atoms with Gasteiger partial charge in [0.25, 0.3) is 0 Å². The van der Waals surface area contributed by atoms with Crippen LogP contribution in [0.25, 0.3) is 0 Å². The van der Waals surface area contributed by atoms with Crippen LogP contribution in [0.1, 0.15) is 93.4 Å². The Kier molecular flexibility index (Phi) is 18.0. The van der Waals surface area contributed by atoms with E-state index in [4.69, 9.17) is 8.37 Å². The van der Waals surface area contributed by atoms with Crippen molar-refractivity contribution in [3.8, 4) is 0 Å². The molecule has 0 aromatic heterocycles. The van der Waals surface area contributed by atoms with E-state index in [0.29, 0.717) is 29.6 Å². The minimum Gasteiger partial charge on any atom is -0.726 e. The van der Waals surface area contributed by atoms with E-state index in [1.807, 2.05) is 6.92 Å². The van der Waals surface area contributed by atoms with E-state index < -0.39 is 60.8 Å². The molecule has 18 heteroatoms. The maximum absolute atomic E-state index is 11.9. The predicted molar refractivity (Wildman–Crippen MR) is 161 cm³/mol. The maximum atomic E-state index is 11.9. The monoisotopic (exact) mass is 766 g/mol. The van der Waals surface area contributed by atoms with Crippen molar-refractivity contribution in [3.63, 3.8) is 0 Å². The fourth-order valence-electron chi connectivity index (χ4n) is 10.6. The van der Waals surface area contributed by atoms with Crippen molar-refractivity contribution >= 4 is 31.2 Å². The average molecular weight is 767 g/mol. The van der Waals surface area contributed by atoms with Crippen LogP contribution >= 0.6 is 0 Å².